The van der Waals surface area contributed by atoms with Gasteiger partial charge in [-0.3, -0.25) is 19.5 Å². The normalized spacial score (nSPS) is 22.1. The fraction of sp³-hybridized carbons (Fsp3) is 0.565. The molecule has 2 atom stereocenters. The van der Waals surface area contributed by atoms with E-state index in [0.717, 1.165) is 44.7 Å². The smallest absolute Gasteiger partial charge is 0.328 e. The number of hydrogen-bond donors (Lipinski definition) is 2. The molecule has 3 aliphatic rings. The number of fused-ring (bicyclic) bond motifs is 1. The molecule has 2 saturated heterocycles. The van der Waals surface area contributed by atoms with Crippen LogP contribution in [0.3, 0.4) is 0 Å². The van der Waals surface area contributed by atoms with E-state index >= 15 is 0 Å². The predicted octanol–water partition coefficient (Wildman–Crippen LogP) is 0.0462. The number of hydroxylamine groups is 1. The van der Waals surface area contributed by atoms with E-state index < -0.39 is 20.5 Å². The lowest BCUT2D eigenvalue weighted by Crippen LogP contribution is -2.50. The first kappa shape index (κ1) is 24.3. The summed E-state index contributed by atoms with van der Waals surface area (Å²) in [6, 6.07) is 2.02. The summed E-state index contributed by atoms with van der Waals surface area (Å²) in [5.74, 6) is 11.3. The van der Waals surface area contributed by atoms with Gasteiger partial charge in [0.25, 0.3) is 5.91 Å². The second-order valence-corrected chi connectivity index (χ2v) is 11.6. The van der Waals surface area contributed by atoms with Gasteiger partial charge in [-0.15, -0.1) is 0 Å². The standard InChI is InChI=1S/C23H28N4O6S/c1-23(21(28)24-30,34(2,31)32)8-10-26-14-19-11-18(13-27(19)22(26)29)6-4-3-5-17-7-9-25(12-17)20-15-33-16-20/h11,13,17,20,30H,7-10,12,14-16H2,1-2H3,(H,24,28)/t17?,23-/m1/s1. The third kappa shape index (κ3) is 4.70. The molecule has 2 amide bonds. The number of aromatic nitrogens is 1. The summed E-state index contributed by atoms with van der Waals surface area (Å²) in [6.45, 7) is 5.15. The zero-order chi connectivity index (χ0) is 24.5. The van der Waals surface area contributed by atoms with Crippen LogP contribution in [0.4, 0.5) is 4.79 Å². The zero-order valence-corrected chi connectivity index (χ0v) is 20.0. The Morgan fingerprint density at radius 2 is 2.12 bits per heavy atom. The van der Waals surface area contributed by atoms with Crippen LogP contribution >= 0.6 is 0 Å². The molecular weight excluding hydrogens is 460 g/mol. The SMILES string of the molecule is C[C@@](CCN1Cc2cc(C#CC#CC3CCN(C4COC4)C3)cn2C1=O)(C(=O)NO)S(C)(=O)=O. The summed E-state index contributed by atoms with van der Waals surface area (Å²) >= 11 is 0. The van der Waals surface area contributed by atoms with Crippen LogP contribution in [0.15, 0.2) is 12.3 Å². The Morgan fingerprint density at radius 1 is 1.35 bits per heavy atom. The second kappa shape index (κ2) is 9.43. The van der Waals surface area contributed by atoms with Crippen molar-refractivity contribution in [1.29, 1.82) is 0 Å². The molecule has 0 bridgehead atoms. The molecule has 1 unspecified atom stereocenters. The molecule has 0 spiro atoms. The van der Waals surface area contributed by atoms with E-state index in [2.05, 4.69) is 28.6 Å². The Balaban J connectivity index is 1.33. The molecule has 0 aromatic carbocycles. The van der Waals surface area contributed by atoms with Crippen LogP contribution in [0, 0.1) is 29.6 Å². The van der Waals surface area contributed by atoms with Gasteiger partial charge in [-0.1, -0.05) is 11.8 Å². The van der Waals surface area contributed by atoms with Crippen molar-refractivity contribution in [2.75, 3.05) is 39.1 Å². The molecule has 182 valence electrons. The van der Waals surface area contributed by atoms with Crippen LogP contribution in [0.2, 0.25) is 0 Å². The van der Waals surface area contributed by atoms with Crippen LogP contribution in [-0.4, -0.2) is 89.8 Å². The Morgan fingerprint density at radius 3 is 2.74 bits per heavy atom. The average Bonchev–Trinajstić information content (AvgIpc) is 3.44. The van der Waals surface area contributed by atoms with Crippen molar-refractivity contribution in [3.05, 3.63) is 23.5 Å². The van der Waals surface area contributed by atoms with Gasteiger partial charge in [-0.05, 0) is 44.2 Å². The molecule has 4 rings (SSSR count). The van der Waals surface area contributed by atoms with Gasteiger partial charge in [-0.25, -0.2) is 18.7 Å². The topological polar surface area (TPSA) is 121 Å². The molecule has 1 aromatic heterocycles. The molecule has 4 heterocycles. The number of sulfone groups is 1. The molecule has 0 radical (unpaired) electrons. The monoisotopic (exact) mass is 488 g/mol. The molecule has 0 aliphatic carbocycles. The van der Waals surface area contributed by atoms with Crippen molar-refractivity contribution in [2.24, 2.45) is 5.92 Å². The molecule has 2 N–H and O–H groups in total. The maximum Gasteiger partial charge on any atom is 0.328 e. The van der Waals surface area contributed by atoms with Crippen molar-refractivity contribution >= 4 is 21.8 Å². The van der Waals surface area contributed by atoms with E-state index in [1.54, 1.807) is 12.3 Å². The molecule has 34 heavy (non-hydrogen) atoms. The molecule has 3 aliphatic heterocycles. The number of nitrogens with zero attached hydrogens (tertiary/aromatic N) is 3. The number of likely N-dealkylation sites (tertiary alicyclic amines) is 1. The number of carbonyl (C=O) groups is 2. The lowest BCUT2D eigenvalue weighted by Gasteiger charge is -2.34. The van der Waals surface area contributed by atoms with Gasteiger partial charge in [-0.2, -0.15) is 0 Å². The van der Waals surface area contributed by atoms with E-state index in [9.17, 15) is 18.0 Å². The summed E-state index contributed by atoms with van der Waals surface area (Å²) in [5, 5.41) is 8.94. The minimum atomic E-state index is -3.83. The number of ether oxygens (including phenoxy) is 1. The van der Waals surface area contributed by atoms with Crippen LogP contribution in [0.1, 0.15) is 31.0 Å². The van der Waals surface area contributed by atoms with Crippen molar-refractivity contribution in [3.8, 4) is 23.7 Å². The molecule has 2 fully saturated rings. The summed E-state index contributed by atoms with van der Waals surface area (Å²) in [6.07, 6.45) is 3.45. The quantitative estimate of drug-likeness (QED) is 0.330. The molecule has 1 aromatic rings. The van der Waals surface area contributed by atoms with Crippen molar-refractivity contribution in [2.45, 2.75) is 37.1 Å². The third-order valence-electron chi connectivity index (χ3n) is 6.89. The van der Waals surface area contributed by atoms with E-state index in [0.29, 0.717) is 17.5 Å². The number of amides is 2. The largest absolute Gasteiger partial charge is 0.378 e. The van der Waals surface area contributed by atoms with Crippen LogP contribution < -0.4 is 5.48 Å². The fourth-order valence-corrected chi connectivity index (χ4v) is 5.16. The highest BCUT2D eigenvalue weighted by Crippen LogP contribution is 2.25. The highest BCUT2D eigenvalue weighted by atomic mass is 32.2. The Bertz CT molecular complexity index is 1210. The number of nitrogens with one attached hydrogen (secondary N) is 1. The van der Waals surface area contributed by atoms with Gasteiger partial charge < -0.3 is 9.64 Å². The Hall–Kier alpha value is -2.83. The third-order valence-corrected chi connectivity index (χ3v) is 8.92. The van der Waals surface area contributed by atoms with Gasteiger partial charge >= 0.3 is 6.03 Å². The minimum absolute atomic E-state index is 0.0371. The van der Waals surface area contributed by atoms with Crippen LogP contribution in [0.25, 0.3) is 0 Å². The van der Waals surface area contributed by atoms with Gasteiger partial charge in [0.15, 0.2) is 14.6 Å². The van der Waals surface area contributed by atoms with Gasteiger partial charge in [0.05, 0.1) is 25.8 Å². The number of carbonyl (C=O) groups excluding carboxylic acids is 2. The fourth-order valence-electron chi connectivity index (χ4n) is 4.31. The first-order valence-electron chi connectivity index (χ1n) is 11.1. The first-order valence-corrected chi connectivity index (χ1v) is 13.0. The predicted molar refractivity (Wildman–Crippen MR) is 122 cm³/mol. The van der Waals surface area contributed by atoms with E-state index in [4.69, 9.17) is 9.94 Å². The Labute approximate surface area is 199 Å². The maximum absolute atomic E-state index is 12.7. The first-order chi connectivity index (χ1) is 16.1. The second-order valence-electron chi connectivity index (χ2n) is 9.18. The lowest BCUT2D eigenvalue weighted by atomic mass is 10.1. The average molecular weight is 489 g/mol. The highest BCUT2D eigenvalue weighted by molar-refractivity contribution is 7.92. The summed E-state index contributed by atoms with van der Waals surface area (Å²) < 4.78 is 29.1. The van der Waals surface area contributed by atoms with Gasteiger partial charge in [0.2, 0.25) is 0 Å². The van der Waals surface area contributed by atoms with Crippen LogP contribution in [0.5, 0.6) is 0 Å². The van der Waals surface area contributed by atoms with Gasteiger partial charge in [0, 0.05) is 42.7 Å². The maximum atomic E-state index is 12.7. The minimum Gasteiger partial charge on any atom is -0.378 e. The summed E-state index contributed by atoms with van der Waals surface area (Å²) in [5.41, 5.74) is 2.82. The number of rotatable bonds is 6. The number of hydrogen-bond acceptors (Lipinski definition) is 7. The van der Waals surface area contributed by atoms with Crippen molar-refractivity contribution in [1.82, 2.24) is 19.8 Å². The van der Waals surface area contributed by atoms with Gasteiger partial charge in [0.1, 0.15) is 0 Å². The zero-order valence-electron chi connectivity index (χ0n) is 19.2. The van der Waals surface area contributed by atoms with E-state index in [-0.39, 0.29) is 25.5 Å². The van der Waals surface area contributed by atoms with E-state index in [1.165, 1.54) is 21.9 Å². The van der Waals surface area contributed by atoms with Crippen molar-refractivity contribution in [3.63, 3.8) is 0 Å². The highest BCUT2D eigenvalue weighted by Gasteiger charge is 2.44. The van der Waals surface area contributed by atoms with E-state index in [1.807, 2.05) is 0 Å². The van der Waals surface area contributed by atoms with Crippen molar-refractivity contribution < 1.29 is 28.0 Å². The lowest BCUT2D eigenvalue weighted by molar-refractivity contribution is -0.131. The molecule has 11 heteroatoms. The summed E-state index contributed by atoms with van der Waals surface area (Å²) in [7, 11) is -3.83. The molecule has 10 nitrogen and oxygen atoms in total. The molecular formula is C23H28N4O6S. The molecule has 0 saturated carbocycles. The summed E-state index contributed by atoms with van der Waals surface area (Å²) in [4.78, 5) is 28.6. The van der Waals surface area contributed by atoms with Crippen LogP contribution in [-0.2, 0) is 25.9 Å². The Kier molecular flexibility index (Phi) is 6.74.